The zero-order valence-corrected chi connectivity index (χ0v) is 27.3. The molecule has 0 aromatic heterocycles. The van der Waals surface area contributed by atoms with Crippen LogP contribution in [0.3, 0.4) is 0 Å². The summed E-state index contributed by atoms with van der Waals surface area (Å²) in [5.41, 5.74) is 3.11. The number of quaternary nitrogens is 1. The third kappa shape index (κ3) is 14.0. The molecule has 0 unspecified atom stereocenters. The summed E-state index contributed by atoms with van der Waals surface area (Å²) >= 11 is 3.45. The van der Waals surface area contributed by atoms with Gasteiger partial charge in [0.1, 0.15) is 31.2 Å². The summed E-state index contributed by atoms with van der Waals surface area (Å²) in [6.07, 6.45) is 3.35. The molecule has 0 aliphatic carbocycles. The molecule has 0 N–H and O–H groups in total. The van der Waals surface area contributed by atoms with Gasteiger partial charge >= 0.3 is 0 Å². The Morgan fingerprint density at radius 1 is 0.730 bits per heavy atom. The smallest absolute Gasteiger partial charge is 0.119 e. The summed E-state index contributed by atoms with van der Waals surface area (Å²) in [7, 11) is 4.49. The Morgan fingerprint density at radius 3 is 1.86 bits per heavy atom. The Morgan fingerprint density at radius 2 is 1.30 bits per heavy atom. The Bertz CT molecular complexity index is 875. The highest BCUT2D eigenvalue weighted by molar-refractivity contribution is 9.09. The van der Waals surface area contributed by atoms with Crippen molar-refractivity contribution in [2.75, 3.05) is 52.4 Å². The molecule has 2 rings (SSSR count). The second kappa shape index (κ2) is 16.1. The Balaban J connectivity index is 0.00000684. The topological polar surface area (TPSA) is 27.7 Å². The van der Waals surface area contributed by atoms with Crippen LogP contribution in [-0.4, -0.2) is 56.9 Å². The summed E-state index contributed by atoms with van der Waals surface area (Å²) < 4.78 is 18.5. The first kappa shape index (κ1) is 33.9. The number of rotatable bonds is 16. The highest BCUT2D eigenvalue weighted by atomic mass is 79.9. The van der Waals surface area contributed by atoms with Crippen LogP contribution in [-0.2, 0) is 16.7 Å². The molecule has 0 spiro atoms. The van der Waals surface area contributed by atoms with Crippen LogP contribution in [0.2, 0.25) is 0 Å². The predicted molar refractivity (Wildman–Crippen MR) is 155 cm³/mol. The predicted octanol–water partition coefficient (Wildman–Crippen LogP) is 4.63. The van der Waals surface area contributed by atoms with E-state index in [9.17, 15) is 0 Å². The first-order valence-corrected chi connectivity index (χ1v) is 14.4. The monoisotopic (exact) mass is 641 g/mol. The van der Waals surface area contributed by atoms with Gasteiger partial charge in [-0.3, -0.25) is 0 Å². The normalized spacial score (nSPS) is 12.2. The largest absolute Gasteiger partial charge is 1.00 e. The zero-order valence-electron chi connectivity index (χ0n) is 24.1. The van der Waals surface area contributed by atoms with E-state index < -0.39 is 0 Å². The van der Waals surface area contributed by atoms with Gasteiger partial charge in [-0.2, -0.15) is 0 Å². The molecule has 6 heteroatoms. The molecule has 0 bridgehead atoms. The molecule has 37 heavy (non-hydrogen) atoms. The number of ether oxygens (including phenoxy) is 3. The molecule has 0 aliphatic rings. The first-order valence-electron chi connectivity index (χ1n) is 13.3. The van der Waals surface area contributed by atoms with Crippen molar-refractivity contribution < 1.29 is 35.7 Å². The molecule has 0 atom stereocenters. The van der Waals surface area contributed by atoms with Gasteiger partial charge in [-0.25, -0.2) is 0 Å². The highest BCUT2D eigenvalue weighted by Crippen LogP contribution is 2.36. The molecule has 0 fully saturated rings. The summed E-state index contributed by atoms with van der Waals surface area (Å²) in [6, 6.07) is 17.1. The average molecular weight is 644 g/mol. The third-order valence-corrected chi connectivity index (χ3v) is 6.84. The molecule has 0 aliphatic heterocycles. The molecular weight excluding hydrogens is 594 g/mol. The van der Waals surface area contributed by atoms with Crippen molar-refractivity contribution in [1.82, 2.24) is 0 Å². The van der Waals surface area contributed by atoms with Crippen molar-refractivity contribution in [2.24, 2.45) is 5.41 Å². The van der Waals surface area contributed by atoms with Gasteiger partial charge in [-0.15, -0.1) is 0 Å². The van der Waals surface area contributed by atoms with Crippen LogP contribution >= 0.6 is 15.9 Å². The van der Waals surface area contributed by atoms with Crippen molar-refractivity contribution in [1.29, 1.82) is 0 Å². The van der Waals surface area contributed by atoms with Gasteiger partial charge in [0.15, 0.2) is 0 Å². The van der Waals surface area contributed by atoms with Crippen LogP contribution in [0.25, 0.3) is 0 Å². The molecule has 2 aromatic carbocycles. The molecule has 4 nitrogen and oxygen atoms in total. The number of halogens is 2. The van der Waals surface area contributed by atoms with Crippen LogP contribution in [0.5, 0.6) is 11.5 Å². The van der Waals surface area contributed by atoms with Gasteiger partial charge in [0.2, 0.25) is 0 Å². The lowest BCUT2D eigenvalue weighted by molar-refractivity contribution is -0.904. The molecule has 0 amide bonds. The number of alkyl halides is 1. The lowest BCUT2D eigenvalue weighted by Gasteiger charge is -2.33. The molecule has 0 saturated heterocycles. The van der Waals surface area contributed by atoms with Gasteiger partial charge in [-0.1, -0.05) is 62.7 Å². The average Bonchev–Trinajstić information content (AvgIpc) is 2.78. The van der Waals surface area contributed by atoms with Crippen LogP contribution in [0.4, 0.5) is 0 Å². The number of likely N-dealkylation sites (N-methyl/N-ethyl adjacent to an activating group) is 1. The third-order valence-electron chi connectivity index (χ3n) is 6.28. The quantitative estimate of drug-likeness (QED) is 0.152. The Hall–Kier alpha value is -1.08. The van der Waals surface area contributed by atoms with Crippen molar-refractivity contribution in [3.63, 3.8) is 0 Å². The Labute approximate surface area is 245 Å². The van der Waals surface area contributed by atoms with Crippen LogP contribution in [0.15, 0.2) is 48.5 Å². The zero-order chi connectivity index (χ0) is 26.7. The second-order valence-corrected chi connectivity index (χ2v) is 13.1. The molecule has 2 aromatic rings. The minimum atomic E-state index is 0. The van der Waals surface area contributed by atoms with Gasteiger partial charge in [0.05, 0.1) is 33.9 Å². The summed E-state index contributed by atoms with van der Waals surface area (Å²) in [5, 5.41) is 1.03. The van der Waals surface area contributed by atoms with Crippen LogP contribution < -0.4 is 26.5 Å². The summed E-state index contributed by atoms with van der Waals surface area (Å²) in [5.74, 6) is 1.85. The maximum absolute atomic E-state index is 5.91. The van der Waals surface area contributed by atoms with E-state index in [0.717, 1.165) is 60.3 Å². The molecule has 0 saturated carbocycles. The fraction of sp³-hybridized carbons (Fsp3) is 0.613. The number of hydrogen-bond acceptors (Lipinski definition) is 3. The van der Waals surface area contributed by atoms with Gasteiger partial charge < -0.3 is 35.7 Å². The maximum atomic E-state index is 5.91. The molecular formula is C31H49Br2NO3. The number of nitrogens with zero attached hydrogens (tertiary/aromatic N) is 1. The van der Waals surface area contributed by atoms with Gasteiger partial charge in [-0.05, 0) is 72.1 Å². The molecule has 0 heterocycles. The van der Waals surface area contributed by atoms with Crippen molar-refractivity contribution >= 4 is 15.9 Å². The number of hydrogen-bond donors (Lipinski definition) is 0. The maximum Gasteiger partial charge on any atom is 0.119 e. The van der Waals surface area contributed by atoms with Crippen LogP contribution in [0, 0.1) is 5.41 Å². The molecule has 210 valence electrons. The Kier molecular flexibility index (Phi) is 14.8. The van der Waals surface area contributed by atoms with Gasteiger partial charge in [0, 0.05) is 10.9 Å². The highest BCUT2D eigenvalue weighted by Gasteiger charge is 2.27. The van der Waals surface area contributed by atoms with E-state index in [2.05, 4.69) is 113 Å². The SMILES string of the molecule is CC(C)(C)CC(C)(C)c1ccc(OCCOCC[N+](C)(C)Cc2ccc(OCCCCBr)cc2)cc1.[Br-]. The fourth-order valence-electron chi connectivity index (χ4n) is 4.71. The van der Waals surface area contributed by atoms with E-state index in [0.29, 0.717) is 25.2 Å². The number of benzene rings is 2. The van der Waals surface area contributed by atoms with Crippen molar-refractivity contribution in [3.05, 3.63) is 59.7 Å². The van der Waals surface area contributed by atoms with Crippen LogP contribution in [0.1, 0.15) is 65.0 Å². The van der Waals surface area contributed by atoms with Crippen molar-refractivity contribution in [3.8, 4) is 11.5 Å². The van der Waals surface area contributed by atoms with Crippen molar-refractivity contribution in [2.45, 2.75) is 65.8 Å². The van der Waals surface area contributed by atoms with E-state index in [1.54, 1.807) is 0 Å². The minimum absolute atomic E-state index is 0. The lowest BCUT2D eigenvalue weighted by Crippen LogP contribution is -3.00. The van der Waals surface area contributed by atoms with E-state index in [4.69, 9.17) is 14.2 Å². The summed E-state index contributed by atoms with van der Waals surface area (Å²) in [4.78, 5) is 0. The summed E-state index contributed by atoms with van der Waals surface area (Å²) in [6.45, 7) is 16.1. The minimum Gasteiger partial charge on any atom is -1.00 e. The van der Waals surface area contributed by atoms with E-state index in [1.807, 2.05) is 0 Å². The van der Waals surface area contributed by atoms with E-state index >= 15 is 0 Å². The lowest BCUT2D eigenvalue weighted by atomic mass is 9.72. The molecule has 0 radical (unpaired) electrons. The number of unbranched alkanes of at least 4 members (excludes halogenated alkanes) is 1. The van der Waals surface area contributed by atoms with E-state index in [1.165, 1.54) is 11.1 Å². The second-order valence-electron chi connectivity index (χ2n) is 12.3. The van der Waals surface area contributed by atoms with Gasteiger partial charge in [0.25, 0.3) is 0 Å². The standard InChI is InChI=1S/C31H49BrNO3.BrH/c1-30(2,3)25-31(4,5)27-12-16-29(17-13-27)36-23-22-34-21-19-33(6,7)24-26-10-14-28(15-11-26)35-20-9-8-18-32;/h10-17H,8-9,18-25H2,1-7H3;1H/q+1;/p-1. The first-order chi connectivity index (χ1) is 16.9. The van der Waals surface area contributed by atoms with E-state index in [-0.39, 0.29) is 22.4 Å². The fourth-order valence-corrected chi connectivity index (χ4v) is 5.11.